The van der Waals surface area contributed by atoms with Gasteiger partial charge in [0.15, 0.2) is 0 Å². The van der Waals surface area contributed by atoms with Crippen LogP contribution in [0.1, 0.15) is 6.92 Å². The van der Waals surface area contributed by atoms with Gasteiger partial charge in [0.05, 0.1) is 6.61 Å². The number of rotatable bonds is 2. The van der Waals surface area contributed by atoms with E-state index in [1.165, 1.54) is 0 Å². The molecule has 0 aromatic carbocycles. The number of nitrogens with two attached hydrogens (primary N) is 1. The standard InChI is InChI=1S/C4H11NO.ClH/c1-4(5)3-6-2;/h4H,3,5H2,1-2H3;1H/t4-;/m0./s1. The highest BCUT2D eigenvalue weighted by Gasteiger charge is 1.85. The zero-order valence-corrected chi connectivity index (χ0v) is 5.49. The Hall–Kier alpha value is 0.210. The van der Waals surface area contributed by atoms with Gasteiger partial charge in [0.2, 0.25) is 0 Å². The molecule has 0 heterocycles. The summed E-state index contributed by atoms with van der Waals surface area (Å²) in [5.74, 6) is 0. The molecule has 3 heteroatoms. The molecule has 46 valence electrons. The van der Waals surface area contributed by atoms with Crippen molar-refractivity contribution < 1.29 is 4.74 Å². The number of hydrogen-bond donors (Lipinski definition) is 1. The van der Waals surface area contributed by atoms with E-state index in [4.69, 9.17) is 5.73 Å². The molecule has 7 heavy (non-hydrogen) atoms. The van der Waals surface area contributed by atoms with Gasteiger partial charge in [-0.25, -0.2) is 0 Å². The molecule has 0 saturated carbocycles. The molecule has 0 amide bonds. The lowest BCUT2D eigenvalue weighted by atomic mass is 10.4. The van der Waals surface area contributed by atoms with Gasteiger partial charge in [-0.15, -0.1) is 12.4 Å². The minimum Gasteiger partial charge on any atom is -0.383 e. The maximum atomic E-state index is 5.28. The molecule has 0 radical (unpaired) electrons. The third-order valence-electron chi connectivity index (χ3n) is 0.430. The molecular formula is C4H12ClNO. The molecule has 0 spiro atoms. The Balaban J connectivity index is 0. The van der Waals surface area contributed by atoms with E-state index >= 15 is 0 Å². The van der Waals surface area contributed by atoms with Crippen LogP contribution < -0.4 is 5.73 Å². The average molecular weight is 126 g/mol. The Morgan fingerprint density at radius 3 is 2.14 bits per heavy atom. The number of methoxy groups -OCH3 is 1. The highest BCUT2D eigenvalue weighted by molar-refractivity contribution is 5.85. The zero-order chi connectivity index (χ0) is 4.99. The Kier molecular flexibility index (Phi) is 9.09. The number of halogens is 1. The van der Waals surface area contributed by atoms with E-state index < -0.39 is 0 Å². The first kappa shape index (κ1) is 10.2. The summed E-state index contributed by atoms with van der Waals surface area (Å²) < 4.78 is 4.68. The van der Waals surface area contributed by atoms with Crippen LogP contribution in [0.4, 0.5) is 0 Å². The summed E-state index contributed by atoms with van der Waals surface area (Å²) in [6.07, 6.45) is 0. The first-order valence-electron chi connectivity index (χ1n) is 2.02. The highest BCUT2D eigenvalue weighted by atomic mass is 35.5. The molecule has 0 saturated heterocycles. The lowest BCUT2D eigenvalue weighted by Crippen LogP contribution is -2.20. The highest BCUT2D eigenvalue weighted by Crippen LogP contribution is 1.71. The van der Waals surface area contributed by atoms with Crippen LogP contribution in [0, 0.1) is 0 Å². The zero-order valence-electron chi connectivity index (χ0n) is 4.68. The van der Waals surface area contributed by atoms with Gasteiger partial charge >= 0.3 is 0 Å². The van der Waals surface area contributed by atoms with Crippen molar-refractivity contribution in [2.75, 3.05) is 13.7 Å². The van der Waals surface area contributed by atoms with Gasteiger partial charge in [-0.3, -0.25) is 0 Å². The quantitative estimate of drug-likeness (QED) is 0.580. The maximum Gasteiger partial charge on any atom is 0.0611 e. The van der Waals surface area contributed by atoms with Crippen molar-refractivity contribution in [2.24, 2.45) is 5.73 Å². The number of ether oxygens (including phenoxy) is 1. The third-order valence-corrected chi connectivity index (χ3v) is 0.430. The van der Waals surface area contributed by atoms with Crippen molar-refractivity contribution >= 4 is 12.4 Å². The van der Waals surface area contributed by atoms with Gasteiger partial charge in [-0.2, -0.15) is 0 Å². The summed E-state index contributed by atoms with van der Waals surface area (Å²) in [6, 6.07) is 0.176. The van der Waals surface area contributed by atoms with Crippen molar-refractivity contribution in [2.45, 2.75) is 13.0 Å². The normalized spacial score (nSPS) is 12.4. The van der Waals surface area contributed by atoms with E-state index in [0.717, 1.165) is 0 Å². The van der Waals surface area contributed by atoms with Gasteiger partial charge in [0.25, 0.3) is 0 Å². The second-order valence-electron chi connectivity index (χ2n) is 1.43. The molecule has 0 fully saturated rings. The maximum absolute atomic E-state index is 5.28. The largest absolute Gasteiger partial charge is 0.383 e. The minimum atomic E-state index is 0. The molecule has 0 aromatic heterocycles. The van der Waals surface area contributed by atoms with E-state index in [1.54, 1.807) is 7.11 Å². The van der Waals surface area contributed by atoms with E-state index in [2.05, 4.69) is 4.74 Å². The fourth-order valence-corrected chi connectivity index (χ4v) is 0.263. The third kappa shape index (κ3) is 10.7. The molecule has 2 N–H and O–H groups in total. The van der Waals surface area contributed by atoms with E-state index in [0.29, 0.717) is 6.61 Å². The Labute approximate surface area is 50.4 Å². The van der Waals surface area contributed by atoms with Gasteiger partial charge < -0.3 is 10.5 Å². The predicted octanol–water partition coefficient (Wildman–Crippen LogP) is 0.402. The lowest BCUT2D eigenvalue weighted by molar-refractivity contribution is 0.185. The summed E-state index contributed by atoms with van der Waals surface area (Å²) >= 11 is 0. The van der Waals surface area contributed by atoms with Crippen LogP contribution in [-0.2, 0) is 4.74 Å². The fraction of sp³-hybridized carbons (Fsp3) is 1.00. The second-order valence-corrected chi connectivity index (χ2v) is 1.43. The summed E-state index contributed by atoms with van der Waals surface area (Å²) in [7, 11) is 1.64. The van der Waals surface area contributed by atoms with Crippen molar-refractivity contribution in [3.05, 3.63) is 0 Å². The molecule has 0 rings (SSSR count). The molecule has 0 bridgehead atoms. The monoisotopic (exact) mass is 125 g/mol. The SMILES string of the molecule is COC[C@H](C)N.Cl. The van der Waals surface area contributed by atoms with Crippen LogP contribution in [-0.4, -0.2) is 19.8 Å². The van der Waals surface area contributed by atoms with Crippen molar-refractivity contribution in [3.63, 3.8) is 0 Å². The molecule has 0 aliphatic carbocycles. The van der Waals surface area contributed by atoms with Crippen LogP contribution in [0.5, 0.6) is 0 Å². The van der Waals surface area contributed by atoms with Crippen molar-refractivity contribution in [1.29, 1.82) is 0 Å². The fourth-order valence-electron chi connectivity index (χ4n) is 0.263. The van der Waals surface area contributed by atoms with Crippen LogP contribution in [0.3, 0.4) is 0 Å². The summed E-state index contributed by atoms with van der Waals surface area (Å²) in [6.45, 7) is 2.56. The van der Waals surface area contributed by atoms with Crippen LogP contribution >= 0.6 is 12.4 Å². The average Bonchev–Trinajstić information content (AvgIpc) is 1.35. The van der Waals surface area contributed by atoms with Crippen LogP contribution in [0.2, 0.25) is 0 Å². The van der Waals surface area contributed by atoms with Gasteiger partial charge in [0.1, 0.15) is 0 Å². The van der Waals surface area contributed by atoms with E-state index in [1.807, 2.05) is 6.92 Å². The predicted molar refractivity (Wildman–Crippen MR) is 32.8 cm³/mol. The Morgan fingerprint density at radius 1 is 1.71 bits per heavy atom. The van der Waals surface area contributed by atoms with Gasteiger partial charge in [0, 0.05) is 13.2 Å². The molecule has 0 unspecified atom stereocenters. The summed E-state index contributed by atoms with van der Waals surface area (Å²) in [5, 5.41) is 0. The molecule has 0 aromatic rings. The lowest BCUT2D eigenvalue weighted by Gasteiger charge is -1.98. The smallest absolute Gasteiger partial charge is 0.0611 e. The first-order chi connectivity index (χ1) is 2.77. The molecule has 1 atom stereocenters. The van der Waals surface area contributed by atoms with Crippen molar-refractivity contribution in [3.8, 4) is 0 Å². The van der Waals surface area contributed by atoms with Gasteiger partial charge in [-0.1, -0.05) is 0 Å². The topological polar surface area (TPSA) is 35.2 Å². The first-order valence-corrected chi connectivity index (χ1v) is 2.02. The van der Waals surface area contributed by atoms with Crippen LogP contribution in [0.25, 0.3) is 0 Å². The molecular weight excluding hydrogens is 114 g/mol. The van der Waals surface area contributed by atoms with Crippen molar-refractivity contribution in [1.82, 2.24) is 0 Å². The molecule has 2 nitrogen and oxygen atoms in total. The summed E-state index contributed by atoms with van der Waals surface area (Å²) in [5.41, 5.74) is 5.28. The molecule has 0 aliphatic rings. The summed E-state index contributed by atoms with van der Waals surface area (Å²) in [4.78, 5) is 0. The number of hydrogen-bond acceptors (Lipinski definition) is 2. The van der Waals surface area contributed by atoms with E-state index in [9.17, 15) is 0 Å². The van der Waals surface area contributed by atoms with E-state index in [-0.39, 0.29) is 18.4 Å². The Morgan fingerprint density at radius 2 is 2.14 bits per heavy atom. The Bertz CT molecular complexity index is 32.9. The second kappa shape index (κ2) is 6.21. The minimum absolute atomic E-state index is 0. The van der Waals surface area contributed by atoms with Gasteiger partial charge in [-0.05, 0) is 6.92 Å². The van der Waals surface area contributed by atoms with Crippen LogP contribution in [0.15, 0.2) is 0 Å². The molecule has 0 aliphatic heterocycles.